The van der Waals surface area contributed by atoms with Crippen LogP contribution in [0.25, 0.3) is 0 Å². The normalized spacial score (nSPS) is 14.3. The molecule has 0 aliphatic carbocycles. The maximum absolute atomic E-state index is 14.2. The fourth-order valence-corrected chi connectivity index (χ4v) is 2.77. The lowest BCUT2D eigenvalue weighted by Crippen LogP contribution is -2.40. The molecule has 0 spiro atoms. The Bertz CT molecular complexity index is 686. The number of nitrogens with zero attached hydrogens (tertiary/aromatic N) is 1. The first-order valence-corrected chi connectivity index (χ1v) is 8.90. The van der Waals surface area contributed by atoms with Crippen molar-refractivity contribution in [3.63, 3.8) is 0 Å². The van der Waals surface area contributed by atoms with Gasteiger partial charge in [-0.3, -0.25) is 4.98 Å². The summed E-state index contributed by atoms with van der Waals surface area (Å²) in [6, 6.07) is 7.77. The van der Waals surface area contributed by atoms with E-state index in [0.29, 0.717) is 17.1 Å². The van der Waals surface area contributed by atoms with E-state index < -0.39 is 22.2 Å². The summed E-state index contributed by atoms with van der Waals surface area (Å²) in [5.41, 5.74) is 1.30. The first kappa shape index (κ1) is 18.7. The second-order valence-corrected chi connectivity index (χ2v) is 8.64. The highest BCUT2D eigenvalue weighted by molar-refractivity contribution is 7.90. The number of pyridine rings is 1. The zero-order valence-corrected chi connectivity index (χ0v) is 15.4. The summed E-state index contributed by atoms with van der Waals surface area (Å²) in [6.45, 7) is 9.26. The van der Waals surface area contributed by atoms with Crippen molar-refractivity contribution in [2.75, 3.05) is 0 Å². The van der Waals surface area contributed by atoms with Gasteiger partial charge >= 0.3 is 0 Å². The van der Waals surface area contributed by atoms with Gasteiger partial charge in [-0.05, 0) is 65.0 Å². The summed E-state index contributed by atoms with van der Waals surface area (Å²) in [5.74, 6) is 0.722. The Morgan fingerprint density at radius 1 is 1.21 bits per heavy atom. The number of rotatable bonds is 5. The van der Waals surface area contributed by atoms with Gasteiger partial charge in [0.05, 0.1) is 12.2 Å². The molecule has 1 N–H and O–H groups in total. The Hall–Kier alpha value is -1.63. The Labute approximate surface area is 145 Å². The van der Waals surface area contributed by atoms with Gasteiger partial charge in [-0.15, -0.1) is 4.72 Å². The molecule has 0 amide bonds. The summed E-state index contributed by atoms with van der Waals surface area (Å²) in [5, 5.41) is 0. The van der Waals surface area contributed by atoms with E-state index in [1.54, 1.807) is 25.3 Å². The first-order valence-electron chi connectivity index (χ1n) is 7.75. The second kappa shape index (κ2) is 7.51. The van der Waals surface area contributed by atoms with Crippen LogP contribution in [0.1, 0.15) is 45.0 Å². The van der Waals surface area contributed by atoms with Crippen LogP contribution in [-0.2, 0) is 11.4 Å². The van der Waals surface area contributed by atoms with E-state index in [2.05, 4.69) is 9.71 Å². The smallest absolute Gasteiger partial charge is 0.145 e. The summed E-state index contributed by atoms with van der Waals surface area (Å²) in [4.78, 5) is 4.17. The van der Waals surface area contributed by atoms with Crippen LogP contribution in [0.5, 0.6) is 11.5 Å². The Morgan fingerprint density at radius 3 is 2.46 bits per heavy atom. The number of benzene rings is 1. The molecule has 0 aliphatic rings. The van der Waals surface area contributed by atoms with Gasteiger partial charge in [-0.2, -0.15) is 0 Å². The number of hydrogen-bond donors (Lipinski definition) is 1. The van der Waals surface area contributed by atoms with E-state index >= 15 is 0 Å². The number of ether oxygens (including phenoxy) is 1. The maximum atomic E-state index is 14.2. The zero-order valence-electron chi connectivity index (χ0n) is 14.6. The Morgan fingerprint density at radius 2 is 1.88 bits per heavy atom. The molecule has 0 saturated carbocycles. The number of aromatic nitrogens is 1. The van der Waals surface area contributed by atoms with E-state index in [1.165, 1.54) is 6.07 Å². The number of hydrogen-bond acceptors (Lipinski definition) is 4. The molecule has 0 saturated heterocycles. The topological polar surface area (TPSA) is 57.2 Å². The number of aryl methyl sites for hydroxylation is 1. The number of halogens is 1. The van der Waals surface area contributed by atoms with Gasteiger partial charge < -0.3 is 9.29 Å². The van der Waals surface area contributed by atoms with E-state index in [4.69, 9.17) is 4.74 Å². The molecule has 6 heteroatoms. The molecule has 130 valence electrons. The molecule has 1 aromatic heterocycles. The molecule has 24 heavy (non-hydrogen) atoms. The van der Waals surface area contributed by atoms with E-state index in [1.807, 2.05) is 39.8 Å². The van der Waals surface area contributed by atoms with Crippen molar-refractivity contribution in [2.24, 2.45) is 0 Å². The van der Waals surface area contributed by atoms with Gasteiger partial charge in [0.15, 0.2) is 0 Å². The van der Waals surface area contributed by atoms with Crippen LogP contribution in [0.15, 0.2) is 36.5 Å². The first-order chi connectivity index (χ1) is 11.2. The average molecular weight is 350 g/mol. The molecular weight excluding hydrogens is 327 g/mol. The van der Waals surface area contributed by atoms with Crippen molar-refractivity contribution < 1.29 is 13.7 Å². The van der Waals surface area contributed by atoms with Crippen molar-refractivity contribution in [3.8, 4) is 11.5 Å². The average Bonchev–Trinajstić information content (AvgIpc) is 2.50. The van der Waals surface area contributed by atoms with E-state index in [-0.39, 0.29) is 5.82 Å². The van der Waals surface area contributed by atoms with Gasteiger partial charge in [-0.1, -0.05) is 0 Å². The highest BCUT2D eigenvalue weighted by atomic mass is 32.2. The van der Waals surface area contributed by atoms with E-state index in [0.717, 1.165) is 5.69 Å². The molecule has 0 fully saturated rings. The highest BCUT2D eigenvalue weighted by Gasteiger charge is 2.29. The molecule has 1 unspecified atom stereocenters. The van der Waals surface area contributed by atoms with Crippen LogP contribution >= 0.6 is 0 Å². The Kier molecular flexibility index (Phi) is 5.85. The fraction of sp³-hybridized carbons (Fsp3) is 0.389. The van der Waals surface area contributed by atoms with Crippen LogP contribution in [-0.4, -0.2) is 14.3 Å². The van der Waals surface area contributed by atoms with Gasteiger partial charge in [0.1, 0.15) is 22.1 Å². The molecular formula is C18H23FN2O2S. The molecule has 0 radical (unpaired) electrons. The lowest BCUT2D eigenvalue weighted by Gasteiger charge is -2.26. The van der Waals surface area contributed by atoms with Crippen molar-refractivity contribution in [1.82, 2.24) is 9.71 Å². The monoisotopic (exact) mass is 350 g/mol. The predicted octanol–water partition coefficient (Wildman–Crippen LogP) is 4.43. The molecule has 0 bridgehead atoms. The van der Waals surface area contributed by atoms with Crippen LogP contribution in [0.3, 0.4) is 0 Å². The quantitative estimate of drug-likeness (QED) is 0.810. The van der Waals surface area contributed by atoms with Crippen LogP contribution in [0.2, 0.25) is 0 Å². The summed E-state index contributed by atoms with van der Waals surface area (Å²) in [7, 11) is 0. The SMILES string of the molecule is Cc1ccc(Oc2ccc(F)c([C@H](C)N[S+]([O-])C(C)(C)C)c2)cn1. The van der Waals surface area contributed by atoms with E-state index in [9.17, 15) is 8.94 Å². The summed E-state index contributed by atoms with van der Waals surface area (Å²) in [6.07, 6.45) is 1.62. The lowest BCUT2D eigenvalue weighted by molar-refractivity contribution is 0.473. The standard InChI is InChI=1S/C18H23FN2O2S/c1-12-6-7-15(11-20-12)23-14-8-9-17(19)16(10-14)13(2)21-24(22)18(3,4)5/h6-11,13,21H,1-5H3/t13-,24?/m0/s1. The molecule has 2 atom stereocenters. The minimum absolute atomic E-state index is 0.365. The van der Waals surface area contributed by atoms with Gasteiger partial charge in [-0.25, -0.2) is 4.39 Å². The predicted molar refractivity (Wildman–Crippen MR) is 94.9 cm³/mol. The zero-order chi connectivity index (χ0) is 17.9. The third-order valence-electron chi connectivity index (χ3n) is 3.39. The second-order valence-electron chi connectivity index (χ2n) is 6.64. The van der Waals surface area contributed by atoms with Gasteiger partial charge in [0.25, 0.3) is 0 Å². The Balaban J connectivity index is 2.17. The molecule has 2 aromatic rings. The largest absolute Gasteiger partial charge is 0.598 e. The lowest BCUT2D eigenvalue weighted by atomic mass is 10.1. The van der Waals surface area contributed by atoms with Crippen molar-refractivity contribution in [2.45, 2.75) is 45.4 Å². The summed E-state index contributed by atoms with van der Waals surface area (Å²) >= 11 is -1.29. The molecule has 4 nitrogen and oxygen atoms in total. The molecule has 0 aliphatic heterocycles. The third kappa shape index (κ3) is 4.93. The van der Waals surface area contributed by atoms with Crippen LogP contribution < -0.4 is 9.46 Å². The fourth-order valence-electron chi connectivity index (χ4n) is 1.97. The van der Waals surface area contributed by atoms with Crippen molar-refractivity contribution in [3.05, 3.63) is 53.6 Å². The maximum Gasteiger partial charge on any atom is 0.145 e. The van der Waals surface area contributed by atoms with Crippen molar-refractivity contribution >= 4 is 11.4 Å². The minimum atomic E-state index is -1.29. The molecule has 1 heterocycles. The van der Waals surface area contributed by atoms with Crippen LogP contribution in [0, 0.1) is 12.7 Å². The molecule has 2 rings (SSSR count). The van der Waals surface area contributed by atoms with Gasteiger partial charge in [0, 0.05) is 22.6 Å². The highest BCUT2D eigenvalue weighted by Crippen LogP contribution is 2.28. The third-order valence-corrected chi connectivity index (χ3v) is 5.07. The van der Waals surface area contributed by atoms with Crippen LogP contribution in [0.4, 0.5) is 4.39 Å². The minimum Gasteiger partial charge on any atom is -0.598 e. The van der Waals surface area contributed by atoms with Gasteiger partial charge in [0.2, 0.25) is 0 Å². The van der Waals surface area contributed by atoms with Crippen molar-refractivity contribution in [1.29, 1.82) is 0 Å². The molecule has 1 aromatic carbocycles. The summed E-state index contributed by atoms with van der Waals surface area (Å²) < 4.78 is 34.6. The number of nitrogens with one attached hydrogen (secondary N) is 1.